The van der Waals surface area contributed by atoms with Crippen molar-refractivity contribution in [1.82, 2.24) is 111 Å². The van der Waals surface area contributed by atoms with Gasteiger partial charge in [-0.15, -0.1) is 0 Å². The van der Waals surface area contributed by atoms with Gasteiger partial charge in [0.2, 0.25) is 106 Å². The first kappa shape index (κ1) is 124. The quantitative estimate of drug-likeness (QED) is 0.0111. The Bertz CT molecular complexity index is 5320. The van der Waals surface area contributed by atoms with Crippen molar-refractivity contribution in [2.24, 2.45) is 58.3 Å². The fourth-order valence-electron chi connectivity index (χ4n) is 16.3. The molecule has 0 saturated carbocycles. The van der Waals surface area contributed by atoms with Crippen LogP contribution < -0.4 is 124 Å². The molecular weight excluding hydrogens is 1950 g/mol. The highest BCUT2D eigenvalue weighted by atomic mass is 16.4. The predicted octanol–water partition coefficient (Wildman–Crippen LogP) is -5.81. The number of rotatable bonds is 67. The summed E-state index contributed by atoms with van der Waals surface area (Å²) in [4.78, 5) is 298. The van der Waals surface area contributed by atoms with Crippen LogP contribution in [0.3, 0.4) is 0 Å². The lowest BCUT2D eigenvalue weighted by Crippen LogP contribution is -2.62. The zero-order chi connectivity index (χ0) is 111. The van der Waals surface area contributed by atoms with Gasteiger partial charge in [-0.1, -0.05) is 112 Å². The predicted molar refractivity (Wildman–Crippen MR) is 542 cm³/mol. The second-order valence-corrected chi connectivity index (χ2v) is 38.4. The van der Waals surface area contributed by atoms with Crippen LogP contribution in [0.2, 0.25) is 0 Å². The van der Waals surface area contributed by atoms with Crippen LogP contribution in [0.25, 0.3) is 21.8 Å². The van der Waals surface area contributed by atoms with E-state index in [1.807, 2.05) is 24.3 Å². The number of amides is 18. The molecule has 1 saturated heterocycles. The van der Waals surface area contributed by atoms with Gasteiger partial charge in [0.05, 0.1) is 38.6 Å². The van der Waals surface area contributed by atoms with Gasteiger partial charge >= 0.3 is 17.9 Å². The lowest BCUT2D eigenvalue weighted by atomic mass is 9.96. The third-order valence-corrected chi connectivity index (χ3v) is 24.3. The Balaban J connectivity index is 1.33. The molecule has 53 heteroatoms. The molecule has 1 fully saturated rings. The molecule has 53 nitrogen and oxygen atoms in total. The van der Waals surface area contributed by atoms with E-state index >= 15 is 0 Å². The molecule has 18 amide bonds. The fourth-order valence-corrected chi connectivity index (χ4v) is 16.3. The molecule has 2 aromatic heterocycles. The molecule has 149 heavy (non-hydrogen) atoms. The molecule has 36 N–H and O–H groups in total. The van der Waals surface area contributed by atoms with Crippen molar-refractivity contribution in [3.8, 4) is 0 Å². The fraction of sp³-hybridized carbons (Fsp3) is 0.594. The summed E-state index contributed by atoms with van der Waals surface area (Å²) >= 11 is 0. The van der Waals surface area contributed by atoms with Gasteiger partial charge in [0.25, 0.3) is 0 Å². The third-order valence-electron chi connectivity index (χ3n) is 24.3. The van der Waals surface area contributed by atoms with E-state index in [1.54, 1.807) is 92.0 Å². The van der Waals surface area contributed by atoms with E-state index < -0.39 is 291 Å². The zero-order valence-corrected chi connectivity index (χ0v) is 85.6. The number of nitrogens with two attached hydrogens (primary N) is 5. The van der Waals surface area contributed by atoms with Crippen LogP contribution in [-0.4, -0.2) is 314 Å². The van der Waals surface area contributed by atoms with Crippen LogP contribution in [0.4, 0.5) is 0 Å². The van der Waals surface area contributed by atoms with E-state index in [0.717, 1.165) is 21.4 Å². The maximum atomic E-state index is 15.0. The maximum absolute atomic E-state index is 15.0. The van der Waals surface area contributed by atoms with Crippen LogP contribution >= 0.6 is 0 Å². The summed E-state index contributed by atoms with van der Waals surface area (Å²) in [6.45, 7) is 12.8. The van der Waals surface area contributed by atoms with E-state index in [4.69, 9.17) is 44.6 Å². The lowest BCUT2D eigenvalue weighted by molar-refractivity contribution is -0.146. The second kappa shape index (κ2) is 62.7. The molecule has 1 aliphatic rings. The first-order valence-corrected chi connectivity index (χ1v) is 49.7. The van der Waals surface area contributed by atoms with E-state index in [2.05, 4.69) is 106 Å². The number of H-pyrrole nitrogens is 2. The first-order valence-electron chi connectivity index (χ1n) is 49.7. The number of carboxylic acids is 3. The summed E-state index contributed by atoms with van der Waals surface area (Å²) in [6.07, 6.45) is -0.0259. The molecule has 5 rings (SSSR count). The number of hydrogen-bond acceptors (Lipinski definition) is 26. The number of aliphatic carboxylic acids is 3. The van der Waals surface area contributed by atoms with Crippen molar-refractivity contribution < 1.29 is 121 Å². The van der Waals surface area contributed by atoms with Crippen molar-refractivity contribution >= 4 is 158 Å². The van der Waals surface area contributed by atoms with Gasteiger partial charge in [-0.2, -0.15) is 0 Å². The van der Waals surface area contributed by atoms with Gasteiger partial charge in [0.1, 0.15) is 91.1 Å². The minimum Gasteiger partial charge on any atom is -0.481 e. The maximum Gasteiger partial charge on any atom is 0.322 e. The van der Waals surface area contributed by atoms with E-state index in [-0.39, 0.29) is 134 Å². The molecule has 4 aromatic rings. The number of hydrogen-bond donors (Lipinski definition) is 31. The number of aliphatic hydroxyl groups is 1. The summed E-state index contributed by atoms with van der Waals surface area (Å²) in [5, 5.41) is 102. The van der Waals surface area contributed by atoms with Crippen molar-refractivity contribution in [1.29, 1.82) is 10.8 Å². The Morgan fingerprint density at radius 1 is 0.416 bits per heavy atom. The number of unbranched alkanes of at least 4 members (excludes halogenated alkanes) is 1. The molecule has 824 valence electrons. The highest BCUT2D eigenvalue weighted by Crippen LogP contribution is 2.25. The summed E-state index contributed by atoms with van der Waals surface area (Å²) in [5.41, 5.74) is 31.3. The molecule has 0 spiro atoms. The monoisotopic (exact) mass is 2100 g/mol. The van der Waals surface area contributed by atoms with Crippen LogP contribution in [0.15, 0.2) is 60.9 Å². The number of aromatic amines is 2. The second-order valence-electron chi connectivity index (χ2n) is 38.4. The molecule has 0 unspecified atom stereocenters. The first-order chi connectivity index (χ1) is 70.3. The van der Waals surface area contributed by atoms with E-state index in [0.29, 0.717) is 22.9 Å². The Hall–Kier alpha value is -15.2. The Labute approximate surface area is 861 Å². The number of primary amides is 1. The average Bonchev–Trinajstić information content (AvgIpc) is 1.70. The molecule has 2 aromatic carbocycles. The topological polar surface area (TPSA) is 869 Å². The number of carboxylic acid groups (broad SMARTS) is 3. The zero-order valence-electron chi connectivity index (χ0n) is 85.6. The third kappa shape index (κ3) is 43.0. The number of benzene rings is 2. The number of nitrogens with one attached hydrogen (secondary N) is 22. The smallest absolute Gasteiger partial charge is 0.322 e. The van der Waals surface area contributed by atoms with Crippen LogP contribution in [0, 0.1) is 40.4 Å². The number of fused-ring (bicyclic) bond motifs is 2. The molecule has 0 radical (unpaired) electrons. The van der Waals surface area contributed by atoms with Crippen molar-refractivity contribution in [3.05, 3.63) is 72.1 Å². The molecule has 0 aliphatic carbocycles. The van der Waals surface area contributed by atoms with Gasteiger partial charge in [-0.25, -0.2) is 0 Å². The minimum atomic E-state index is -1.98. The highest BCUT2D eigenvalue weighted by Gasteiger charge is 2.44. The minimum absolute atomic E-state index is 0.00336. The molecule has 3 heterocycles. The summed E-state index contributed by atoms with van der Waals surface area (Å²) in [7, 11) is 0. The Kier molecular flexibility index (Phi) is 52.3. The number of aromatic nitrogens is 2. The molecular formula is C96H150N28O25. The largest absolute Gasteiger partial charge is 0.481 e. The normalized spacial score (nSPS) is 15.3. The van der Waals surface area contributed by atoms with Crippen LogP contribution in [0.5, 0.6) is 0 Å². The summed E-state index contributed by atoms with van der Waals surface area (Å²) in [6, 6.07) is -9.20. The van der Waals surface area contributed by atoms with Gasteiger partial charge in [0.15, 0.2) is 11.9 Å². The Morgan fingerprint density at radius 2 is 0.819 bits per heavy atom. The molecule has 1 aliphatic heterocycles. The number of carbonyl (C=O) groups excluding carboxylic acids is 18. The summed E-state index contributed by atoms with van der Waals surface area (Å²) < 4.78 is 0. The lowest BCUT2D eigenvalue weighted by Gasteiger charge is -2.31. The number of carbonyl (C=O) groups is 21. The highest BCUT2D eigenvalue weighted by molar-refractivity contribution is 6.03. The van der Waals surface area contributed by atoms with E-state index in [1.165, 1.54) is 13.8 Å². The number of nitrogens with zero attached hydrogens (tertiary/aromatic N) is 1. The van der Waals surface area contributed by atoms with Crippen molar-refractivity contribution in [3.63, 3.8) is 0 Å². The van der Waals surface area contributed by atoms with Crippen LogP contribution in [-0.2, 0) is 114 Å². The van der Waals surface area contributed by atoms with Gasteiger partial charge in [-0.05, 0) is 149 Å². The molecule has 0 bridgehead atoms. The van der Waals surface area contributed by atoms with E-state index in [9.17, 15) is 116 Å². The number of para-hydroxylation sites is 2. The SMILES string of the molecule is CC[C@H](C)[C@H](NC(=O)[C@H](CC(C)C)NC(=O)[C@@H]1CCCN1C(=O)[C@H](CC(=O)O)NC(=O)[C@H](CCCNC(=N)N)NC(=O)[C@H](Cc1c[nH]c2ccccc12)NC(=O)CNC(=O)CNC(=O)[C@H](CC(=O)O)NC(=O)[C@H](CC(C)C)NC(=O)[C@@H](N)Cc1c[nH]c2ccccc12)C(=O)N[C@@H](CCCCN)C(=O)N[C@@H](CCCNC(=N)N)C(=O)N[C@@H](CO)C(=O)N[C@H](C(=O)N[C@@H](CCC(N)=O)C(=O)N[C@@H](CC(C)C)C(=O)NCC(=O)O)C(C)C. The number of likely N-dealkylation sites (tertiary alicyclic amines) is 1. The van der Waals surface area contributed by atoms with Crippen LogP contribution in [0.1, 0.15) is 190 Å². The van der Waals surface area contributed by atoms with Gasteiger partial charge < -0.3 is 160 Å². The van der Waals surface area contributed by atoms with Gasteiger partial charge in [0, 0.05) is 66.7 Å². The van der Waals surface area contributed by atoms with Crippen molar-refractivity contribution in [2.45, 2.75) is 282 Å². The standard InChI is InChI=1S/C96H150N28O25/c1-11-52(10)79(93(148)114-60(25-16-17-31-97)83(138)112-62(27-19-33-105-96(102)103)85(140)121-70(47-125)90(145)122-78(51(8)9)92(147)115-63(29-30-72(99)126)86(141)117-64(35-48(2)3)81(136)110-46-77(133)134)123-89(144)66(37-50(6)7)119-91(146)71-28-20-34-124(71)94(149)69(41-76(131)132)120-84(139)61(26-18-32-104-95(100)101)113-88(143)67(39-54-43-107-59-24-15-13-22-56(54)59)111-74(128)45-108-73(127)44-109-82(137)68(40-75(129)130)118-87(142)65(36-49(4)5)116-80(135)57(98)38-53-42-106-58-23-14-12-21-55(53)58/h12-15,21-24,42-43,48-52,57,60-71,78-79,106-107,125H,11,16-20,25-41,44-47,97-98H2,1-10H3,(H2,99,126)(H,108,127)(H,109,137)(H,110,136)(H,111,128)(H,112,138)(H,113,143)(H,114,148)(H,115,147)(H,116,135)(H,117,141)(H,118,142)(H,119,146)(H,120,139)(H,121,140)(H,122,145)(H,123,144)(H,129,130)(H,131,132)(H,133,134)(H4,100,101,104)(H4,102,103,105)/t52-,57-,60-,61-,62-,63-,64-,65-,66-,67-,68-,69-,70-,71-,78-,79-/m0/s1. The average molecular weight is 2100 g/mol. The van der Waals surface area contributed by atoms with Crippen molar-refractivity contribution in [2.75, 3.05) is 52.4 Å². The van der Waals surface area contributed by atoms with Gasteiger partial charge in [-0.3, -0.25) is 112 Å². The molecule has 16 atom stereocenters. The number of aliphatic hydroxyl groups excluding tert-OH is 1. The Morgan fingerprint density at radius 3 is 1.31 bits per heavy atom. The summed E-state index contributed by atoms with van der Waals surface area (Å²) in [5.74, 6) is -25.7. The number of guanidine groups is 2.